The molecule has 1 heterocycles. The van der Waals surface area contributed by atoms with E-state index < -0.39 is 0 Å². The van der Waals surface area contributed by atoms with Crippen LogP contribution in [-0.2, 0) is 0 Å². The molecule has 0 aliphatic heterocycles. The molecule has 0 amide bonds. The van der Waals surface area contributed by atoms with E-state index in [9.17, 15) is 0 Å². The summed E-state index contributed by atoms with van der Waals surface area (Å²) in [6.45, 7) is 6.62. The molecule has 0 radical (unpaired) electrons. The molecular weight excluding hydrogens is 164 g/mol. The van der Waals surface area contributed by atoms with E-state index in [1.165, 1.54) is 0 Å². The maximum atomic E-state index is 5.76. The van der Waals surface area contributed by atoms with Crippen molar-refractivity contribution in [1.82, 2.24) is 4.98 Å². The number of pyridine rings is 1. The Kier molecular flexibility index (Phi) is 3.12. The van der Waals surface area contributed by atoms with E-state index in [4.69, 9.17) is 10.5 Å². The van der Waals surface area contributed by atoms with Gasteiger partial charge in [0.15, 0.2) is 0 Å². The number of ether oxygens (including phenoxy) is 1. The predicted octanol–water partition coefficient (Wildman–Crippen LogP) is 2.07. The summed E-state index contributed by atoms with van der Waals surface area (Å²) >= 11 is 0. The fourth-order valence-electron chi connectivity index (χ4n) is 1.09. The van der Waals surface area contributed by atoms with Gasteiger partial charge in [0.05, 0.1) is 18.0 Å². The smallest absolute Gasteiger partial charge is 0.213 e. The lowest BCUT2D eigenvalue weighted by molar-refractivity contribution is 0.304. The first kappa shape index (κ1) is 9.84. The number of anilines is 1. The number of hydrogen-bond donors (Lipinski definition) is 1. The van der Waals surface area contributed by atoms with Crippen molar-refractivity contribution in [2.24, 2.45) is 0 Å². The van der Waals surface area contributed by atoms with Crippen LogP contribution in [0.4, 0.5) is 5.69 Å². The molecule has 1 aromatic heterocycles. The molecule has 0 atom stereocenters. The molecule has 0 aliphatic carbocycles. The van der Waals surface area contributed by atoms with E-state index in [-0.39, 0.29) is 0 Å². The summed E-state index contributed by atoms with van der Waals surface area (Å²) in [4.78, 5) is 4.22. The van der Waals surface area contributed by atoms with Gasteiger partial charge in [0.2, 0.25) is 5.88 Å². The van der Waals surface area contributed by atoms with E-state index in [0.717, 1.165) is 23.4 Å². The molecule has 2 N–H and O–H groups in total. The first-order valence-corrected chi connectivity index (χ1v) is 4.51. The highest BCUT2D eigenvalue weighted by Crippen LogP contribution is 2.19. The zero-order valence-corrected chi connectivity index (χ0v) is 8.42. The van der Waals surface area contributed by atoms with E-state index >= 15 is 0 Å². The van der Waals surface area contributed by atoms with Crippen LogP contribution < -0.4 is 10.5 Å². The lowest BCUT2D eigenvalue weighted by Gasteiger charge is -2.08. The topological polar surface area (TPSA) is 48.1 Å². The van der Waals surface area contributed by atoms with Crippen LogP contribution in [0.2, 0.25) is 0 Å². The van der Waals surface area contributed by atoms with Crippen LogP contribution in [0, 0.1) is 13.8 Å². The maximum Gasteiger partial charge on any atom is 0.213 e. The fraction of sp³-hybridized carbons (Fsp3) is 0.500. The highest BCUT2D eigenvalue weighted by Gasteiger charge is 2.03. The summed E-state index contributed by atoms with van der Waals surface area (Å²) < 4.78 is 5.41. The average Bonchev–Trinajstić information content (AvgIpc) is 2.10. The predicted molar refractivity (Wildman–Crippen MR) is 53.9 cm³/mol. The van der Waals surface area contributed by atoms with Crippen molar-refractivity contribution in [2.45, 2.75) is 27.2 Å². The summed E-state index contributed by atoms with van der Waals surface area (Å²) in [5.74, 6) is 0.672. The number of nitrogens with zero attached hydrogens (tertiary/aromatic N) is 1. The van der Waals surface area contributed by atoms with Crippen molar-refractivity contribution in [3.05, 3.63) is 17.3 Å². The lowest BCUT2D eigenvalue weighted by Crippen LogP contribution is -2.02. The quantitative estimate of drug-likeness (QED) is 0.774. The van der Waals surface area contributed by atoms with Gasteiger partial charge >= 0.3 is 0 Å². The average molecular weight is 180 g/mol. The Morgan fingerprint density at radius 3 is 2.69 bits per heavy atom. The molecule has 1 rings (SSSR count). The van der Waals surface area contributed by atoms with Crippen LogP contribution >= 0.6 is 0 Å². The Labute approximate surface area is 78.9 Å². The largest absolute Gasteiger partial charge is 0.478 e. The van der Waals surface area contributed by atoms with Gasteiger partial charge in [0.1, 0.15) is 0 Å². The Hall–Kier alpha value is -1.25. The van der Waals surface area contributed by atoms with Crippen molar-refractivity contribution < 1.29 is 4.74 Å². The highest BCUT2D eigenvalue weighted by molar-refractivity contribution is 5.51. The molecule has 3 nitrogen and oxygen atoms in total. The normalized spacial score (nSPS) is 10.1. The molecule has 13 heavy (non-hydrogen) atoms. The number of nitrogens with two attached hydrogens (primary N) is 1. The Balaban J connectivity index is 2.86. The van der Waals surface area contributed by atoms with Gasteiger partial charge < -0.3 is 10.5 Å². The number of nitrogen functional groups attached to an aromatic ring is 1. The molecular formula is C10H16N2O. The third-order valence-electron chi connectivity index (χ3n) is 1.89. The molecule has 72 valence electrons. The monoisotopic (exact) mass is 180 g/mol. The number of rotatable bonds is 3. The van der Waals surface area contributed by atoms with Crippen LogP contribution in [0.3, 0.4) is 0 Å². The molecule has 0 saturated heterocycles. The van der Waals surface area contributed by atoms with Gasteiger partial charge in [-0.1, -0.05) is 6.92 Å². The Bertz CT molecular complexity index is 274. The zero-order valence-electron chi connectivity index (χ0n) is 8.42. The number of aryl methyl sites for hydroxylation is 2. The third kappa shape index (κ3) is 2.34. The second-order valence-electron chi connectivity index (χ2n) is 3.12. The summed E-state index contributed by atoms with van der Waals surface area (Å²) in [6, 6.07) is 1.87. The third-order valence-corrected chi connectivity index (χ3v) is 1.89. The molecule has 0 spiro atoms. The SMILES string of the molecule is CCCOc1cc(C)c(N)c(C)n1. The number of aromatic nitrogens is 1. The van der Waals surface area contributed by atoms with Gasteiger partial charge in [-0.3, -0.25) is 0 Å². The van der Waals surface area contributed by atoms with Crippen molar-refractivity contribution in [3.63, 3.8) is 0 Å². The molecule has 0 saturated carbocycles. The van der Waals surface area contributed by atoms with Crippen molar-refractivity contribution in [1.29, 1.82) is 0 Å². The maximum absolute atomic E-state index is 5.76. The van der Waals surface area contributed by atoms with Gasteiger partial charge in [0.25, 0.3) is 0 Å². The molecule has 1 aromatic rings. The van der Waals surface area contributed by atoms with Gasteiger partial charge in [-0.05, 0) is 25.8 Å². The van der Waals surface area contributed by atoms with Crippen LogP contribution in [0.1, 0.15) is 24.6 Å². The number of hydrogen-bond acceptors (Lipinski definition) is 3. The second kappa shape index (κ2) is 4.12. The zero-order chi connectivity index (χ0) is 9.84. The minimum absolute atomic E-state index is 0.672. The van der Waals surface area contributed by atoms with E-state index in [1.807, 2.05) is 19.9 Å². The first-order chi connectivity index (χ1) is 6.15. The van der Waals surface area contributed by atoms with Gasteiger partial charge in [-0.2, -0.15) is 0 Å². The highest BCUT2D eigenvalue weighted by atomic mass is 16.5. The van der Waals surface area contributed by atoms with E-state index in [2.05, 4.69) is 11.9 Å². The van der Waals surface area contributed by atoms with Crippen molar-refractivity contribution in [2.75, 3.05) is 12.3 Å². The van der Waals surface area contributed by atoms with Crippen LogP contribution in [-0.4, -0.2) is 11.6 Å². The van der Waals surface area contributed by atoms with Crippen LogP contribution in [0.15, 0.2) is 6.07 Å². The molecule has 0 fully saturated rings. The van der Waals surface area contributed by atoms with E-state index in [1.54, 1.807) is 0 Å². The Morgan fingerprint density at radius 2 is 2.15 bits per heavy atom. The summed E-state index contributed by atoms with van der Waals surface area (Å²) in [7, 11) is 0. The minimum Gasteiger partial charge on any atom is -0.478 e. The van der Waals surface area contributed by atoms with Gasteiger partial charge in [-0.25, -0.2) is 4.98 Å². The van der Waals surface area contributed by atoms with Gasteiger partial charge in [-0.15, -0.1) is 0 Å². The van der Waals surface area contributed by atoms with Crippen molar-refractivity contribution in [3.8, 4) is 5.88 Å². The van der Waals surface area contributed by atoms with E-state index in [0.29, 0.717) is 12.5 Å². The van der Waals surface area contributed by atoms with Crippen LogP contribution in [0.25, 0.3) is 0 Å². The fourth-order valence-corrected chi connectivity index (χ4v) is 1.09. The Morgan fingerprint density at radius 1 is 1.46 bits per heavy atom. The van der Waals surface area contributed by atoms with Gasteiger partial charge in [0, 0.05) is 6.07 Å². The molecule has 0 aromatic carbocycles. The molecule has 3 heteroatoms. The standard InChI is InChI=1S/C10H16N2O/c1-4-5-13-9-6-7(2)10(11)8(3)12-9/h6H,4-5,11H2,1-3H3. The molecule has 0 bridgehead atoms. The summed E-state index contributed by atoms with van der Waals surface area (Å²) in [5.41, 5.74) is 8.38. The lowest BCUT2D eigenvalue weighted by atomic mass is 10.2. The first-order valence-electron chi connectivity index (χ1n) is 4.51. The minimum atomic E-state index is 0.672. The summed E-state index contributed by atoms with van der Waals surface area (Å²) in [5, 5.41) is 0. The molecule has 0 unspecified atom stereocenters. The van der Waals surface area contributed by atoms with Crippen molar-refractivity contribution >= 4 is 5.69 Å². The van der Waals surface area contributed by atoms with Crippen LogP contribution in [0.5, 0.6) is 5.88 Å². The summed E-state index contributed by atoms with van der Waals surface area (Å²) in [6.07, 6.45) is 0.990. The molecule has 0 aliphatic rings. The second-order valence-corrected chi connectivity index (χ2v) is 3.12.